The van der Waals surface area contributed by atoms with Crippen molar-refractivity contribution in [1.82, 2.24) is 4.90 Å². The van der Waals surface area contributed by atoms with Crippen molar-refractivity contribution in [3.05, 3.63) is 34.3 Å². The van der Waals surface area contributed by atoms with Crippen LogP contribution in [0.5, 0.6) is 0 Å². The van der Waals surface area contributed by atoms with E-state index in [4.69, 9.17) is 4.74 Å². The van der Waals surface area contributed by atoms with Crippen molar-refractivity contribution in [2.75, 3.05) is 19.6 Å². The quantitative estimate of drug-likeness (QED) is 0.827. The second-order valence-electron chi connectivity index (χ2n) is 5.17. The van der Waals surface area contributed by atoms with Gasteiger partial charge in [-0.3, -0.25) is 4.90 Å². The summed E-state index contributed by atoms with van der Waals surface area (Å²) in [4.78, 5) is 2.46. The summed E-state index contributed by atoms with van der Waals surface area (Å²) in [5.74, 6) is 0.752. The van der Waals surface area contributed by atoms with Gasteiger partial charge in [0.25, 0.3) is 0 Å². The van der Waals surface area contributed by atoms with Crippen molar-refractivity contribution in [1.29, 1.82) is 0 Å². The van der Waals surface area contributed by atoms with Crippen molar-refractivity contribution in [3.63, 3.8) is 0 Å². The van der Waals surface area contributed by atoms with Gasteiger partial charge in [-0.2, -0.15) is 0 Å². The van der Waals surface area contributed by atoms with Gasteiger partial charge >= 0.3 is 0 Å². The highest BCUT2D eigenvalue weighted by Gasteiger charge is 2.27. The molecule has 0 aliphatic carbocycles. The molecule has 0 amide bonds. The largest absolute Gasteiger partial charge is 0.371 e. The van der Waals surface area contributed by atoms with Crippen LogP contribution in [-0.4, -0.2) is 30.6 Å². The minimum atomic E-state index is 0.428. The highest BCUT2D eigenvalue weighted by atomic mass is 79.9. The Hall–Kier alpha value is -0.380. The van der Waals surface area contributed by atoms with E-state index in [2.05, 4.69) is 58.9 Å². The maximum absolute atomic E-state index is 5.86. The number of ether oxygens (including phenoxy) is 1. The Morgan fingerprint density at radius 1 is 1.29 bits per heavy atom. The Kier molecular flexibility index (Phi) is 4.60. The predicted molar refractivity (Wildman–Crippen MR) is 74.0 cm³/mol. The standard InChI is InChI=1S/C14H20BrNO/c1-11(2)7-16-8-14(9-16)17-10-12-3-5-13(15)6-4-12/h3-6,11,14H,7-10H2,1-2H3. The molecule has 1 aromatic rings. The van der Waals surface area contributed by atoms with Gasteiger partial charge in [0, 0.05) is 24.1 Å². The van der Waals surface area contributed by atoms with E-state index in [-0.39, 0.29) is 0 Å². The molecule has 0 radical (unpaired) electrons. The molecule has 0 bridgehead atoms. The summed E-state index contributed by atoms with van der Waals surface area (Å²) in [6, 6.07) is 8.33. The van der Waals surface area contributed by atoms with Gasteiger partial charge < -0.3 is 4.74 Å². The summed E-state index contributed by atoms with van der Waals surface area (Å²) in [7, 11) is 0. The van der Waals surface area contributed by atoms with Crippen LogP contribution >= 0.6 is 15.9 Å². The molecule has 0 aromatic heterocycles. The molecule has 0 spiro atoms. The van der Waals surface area contributed by atoms with E-state index >= 15 is 0 Å². The minimum Gasteiger partial charge on any atom is -0.371 e. The van der Waals surface area contributed by atoms with Gasteiger partial charge in [-0.15, -0.1) is 0 Å². The SMILES string of the molecule is CC(C)CN1CC(OCc2ccc(Br)cc2)C1. The van der Waals surface area contributed by atoms with E-state index in [0.29, 0.717) is 6.10 Å². The fourth-order valence-corrected chi connectivity index (χ4v) is 2.35. The van der Waals surface area contributed by atoms with E-state index < -0.39 is 0 Å². The maximum atomic E-state index is 5.86. The molecule has 1 aliphatic heterocycles. The Labute approximate surface area is 112 Å². The van der Waals surface area contributed by atoms with Crippen molar-refractivity contribution in [2.24, 2.45) is 5.92 Å². The first-order valence-electron chi connectivity index (χ1n) is 6.22. The number of rotatable bonds is 5. The molecule has 3 heteroatoms. The zero-order valence-corrected chi connectivity index (χ0v) is 12.1. The number of likely N-dealkylation sites (tertiary alicyclic amines) is 1. The highest BCUT2D eigenvalue weighted by molar-refractivity contribution is 9.10. The fraction of sp³-hybridized carbons (Fsp3) is 0.571. The van der Waals surface area contributed by atoms with Gasteiger partial charge in [0.15, 0.2) is 0 Å². The van der Waals surface area contributed by atoms with Crippen LogP contribution in [0.1, 0.15) is 19.4 Å². The minimum absolute atomic E-state index is 0.428. The summed E-state index contributed by atoms with van der Waals surface area (Å²) >= 11 is 3.43. The topological polar surface area (TPSA) is 12.5 Å². The van der Waals surface area contributed by atoms with Crippen molar-refractivity contribution in [3.8, 4) is 0 Å². The second kappa shape index (κ2) is 5.98. The summed E-state index contributed by atoms with van der Waals surface area (Å²) in [6.07, 6.45) is 0.428. The van der Waals surface area contributed by atoms with Gasteiger partial charge in [0.2, 0.25) is 0 Å². The molecule has 1 aromatic carbocycles. The average molecular weight is 298 g/mol. The van der Waals surface area contributed by atoms with Gasteiger partial charge in [-0.1, -0.05) is 41.9 Å². The third-order valence-corrected chi connectivity index (χ3v) is 3.47. The lowest BCUT2D eigenvalue weighted by molar-refractivity contribution is -0.0658. The maximum Gasteiger partial charge on any atom is 0.0833 e. The van der Waals surface area contributed by atoms with Crippen LogP contribution in [0.2, 0.25) is 0 Å². The number of nitrogens with zero attached hydrogens (tertiary/aromatic N) is 1. The molecule has 2 nitrogen and oxygen atoms in total. The number of benzene rings is 1. The number of hydrogen-bond donors (Lipinski definition) is 0. The fourth-order valence-electron chi connectivity index (χ4n) is 2.09. The molecule has 1 saturated heterocycles. The van der Waals surface area contributed by atoms with Gasteiger partial charge in [0.05, 0.1) is 12.7 Å². The highest BCUT2D eigenvalue weighted by Crippen LogP contribution is 2.16. The summed E-state index contributed by atoms with van der Waals surface area (Å²) < 4.78 is 6.98. The van der Waals surface area contributed by atoms with Crippen LogP contribution in [0.3, 0.4) is 0 Å². The van der Waals surface area contributed by atoms with Crippen molar-refractivity contribution < 1.29 is 4.74 Å². The molecule has 1 aliphatic rings. The molecular formula is C14H20BrNO. The van der Waals surface area contributed by atoms with E-state index in [1.165, 1.54) is 12.1 Å². The van der Waals surface area contributed by atoms with Gasteiger partial charge in [-0.05, 0) is 23.6 Å². The molecule has 0 unspecified atom stereocenters. The average Bonchev–Trinajstić information content (AvgIpc) is 2.23. The summed E-state index contributed by atoms with van der Waals surface area (Å²) in [6.45, 7) is 8.63. The Morgan fingerprint density at radius 3 is 2.53 bits per heavy atom. The van der Waals surface area contributed by atoms with Gasteiger partial charge in [-0.25, -0.2) is 0 Å². The first-order valence-corrected chi connectivity index (χ1v) is 7.01. The van der Waals surface area contributed by atoms with Crippen LogP contribution in [0.4, 0.5) is 0 Å². The predicted octanol–water partition coefficient (Wildman–Crippen LogP) is 3.31. The molecule has 2 rings (SSSR count). The summed E-state index contributed by atoms with van der Waals surface area (Å²) in [5.41, 5.74) is 1.25. The van der Waals surface area contributed by atoms with Crippen LogP contribution in [-0.2, 0) is 11.3 Å². The van der Waals surface area contributed by atoms with Gasteiger partial charge in [0.1, 0.15) is 0 Å². The zero-order valence-electron chi connectivity index (χ0n) is 10.5. The first-order chi connectivity index (χ1) is 8.13. The summed E-state index contributed by atoms with van der Waals surface area (Å²) in [5, 5.41) is 0. The van der Waals surface area contributed by atoms with Crippen LogP contribution < -0.4 is 0 Å². The monoisotopic (exact) mass is 297 g/mol. The third-order valence-electron chi connectivity index (χ3n) is 2.95. The molecule has 0 atom stereocenters. The Bertz CT molecular complexity index is 344. The smallest absolute Gasteiger partial charge is 0.0833 e. The molecule has 1 fully saturated rings. The number of halogens is 1. The normalized spacial score (nSPS) is 17.4. The molecule has 94 valence electrons. The molecule has 0 saturated carbocycles. The third kappa shape index (κ3) is 4.09. The van der Waals surface area contributed by atoms with Crippen LogP contribution in [0.15, 0.2) is 28.7 Å². The van der Waals surface area contributed by atoms with Crippen molar-refractivity contribution >= 4 is 15.9 Å². The Balaban J connectivity index is 1.66. The molecule has 17 heavy (non-hydrogen) atoms. The Morgan fingerprint density at radius 2 is 1.94 bits per heavy atom. The zero-order chi connectivity index (χ0) is 12.3. The molecular weight excluding hydrogens is 278 g/mol. The molecule has 0 N–H and O–H groups in total. The second-order valence-corrected chi connectivity index (χ2v) is 6.09. The van der Waals surface area contributed by atoms with Crippen molar-refractivity contribution in [2.45, 2.75) is 26.6 Å². The van der Waals surface area contributed by atoms with E-state index in [1.807, 2.05) is 0 Å². The lowest BCUT2D eigenvalue weighted by Crippen LogP contribution is -2.53. The lowest BCUT2D eigenvalue weighted by atomic mass is 10.1. The molecule has 1 heterocycles. The first kappa shape index (κ1) is 13.1. The lowest BCUT2D eigenvalue weighted by Gasteiger charge is -2.39. The van der Waals surface area contributed by atoms with Crippen LogP contribution in [0, 0.1) is 5.92 Å². The van der Waals surface area contributed by atoms with Crippen LogP contribution in [0.25, 0.3) is 0 Å². The van der Waals surface area contributed by atoms with E-state index in [0.717, 1.165) is 30.1 Å². The van der Waals surface area contributed by atoms with E-state index in [1.54, 1.807) is 0 Å². The number of hydrogen-bond acceptors (Lipinski definition) is 2. The van der Waals surface area contributed by atoms with E-state index in [9.17, 15) is 0 Å².